The van der Waals surface area contributed by atoms with Gasteiger partial charge in [0.05, 0.1) is 28.8 Å². The van der Waals surface area contributed by atoms with Crippen LogP contribution in [0.3, 0.4) is 0 Å². The van der Waals surface area contributed by atoms with Crippen molar-refractivity contribution >= 4 is 34.3 Å². The molecule has 0 radical (unpaired) electrons. The molecule has 0 atom stereocenters. The Balaban J connectivity index is 1.60. The summed E-state index contributed by atoms with van der Waals surface area (Å²) >= 11 is 0. The zero-order chi connectivity index (χ0) is 24.0. The van der Waals surface area contributed by atoms with Crippen LogP contribution >= 0.6 is 0 Å². The fourth-order valence-electron chi connectivity index (χ4n) is 4.17. The van der Waals surface area contributed by atoms with Gasteiger partial charge >= 0.3 is 6.18 Å². The smallest absolute Gasteiger partial charge is 0.366 e. The average molecular weight is 466 g/mol. The molecule has 0 spiro atoms. The number of rotatable bonds is 5. The van der Waals surface area contributed by atoms with Crippen LogP contribution in [0.25, 0.3) is 11.0 Å². The molecule has 0 unspecified atom stereocenters. The van der Waals surface area contributed by atoms with Crippen molar-refractivity contribution in [3.05, 3.63) is 82.9 Å². The second kappa shape index (κ2) is 8.07. The molecule has 0 bridgehead atoms. The molecule has 0 aliphatic carbocycles. The monoisotopic (exact) mass is 466 g/mol. The zero-order valence-corrected chi connectivity index (χ0v) is 18.1. The number of hydrazine groups is 1. The number of hydrogen-bond acceptors (Lipinski definition) is 5. The van der Waals surface area contributed by atoms with Gasteiger partial charge in [0.1, 0.15) is 0 Å². The van der Waals surface area contributed by atoms with Crippen LogP contribution in [-0.2, 0) is 19.3 Å². The van der Waals surface area contributed by atoms with Gasteiger partial charge in [0.25, 0.3) is 0 Å². The van der Waals surface area contributed by atoms with Gasteiger partial charge in [-0.3, -0.25) is 4.79 Å². The molecule has 4 aromatic rings. The number of benzene rings is 3. The first-order valence-corrected chi connectivity index (χ1v) is 10.5. The summed E-state index contributed by atoms with van der Waals surface area (Å²) in [5.41, 5.74) is 12.1. The predicted molar refractivity (Wildman–Crippen MR) is 124 cm³/mol. The molecule has 1 aliphatic heterocycles. The largest absolute Gasteiger partial charge is 0.416 e. The number of nitrogens with two attached hydrogens (primary N) is 1. The van der Waals surface area contributed by atoms with E-state index in [4.69, 9.17) is 5.73 Å². The van der Waals surface area contributed by atoms with Gasteiger partial charge in [0, 0.05) is 24.8 Å². The fraction of sp³-hybridized carbons (Fsp3) is 0.167. The fourth-order valence-corrected chi connectivity index (χ4v) is 4.17. The summed E-state index contributed by atoms with van der Waals surface area (Å²) in [6, 6.07) is 16.0. The van der Waals surface area contributed by atoms with Crippen LogP contribution in [0.15, 0.2) is 60.7 Å². The van der Waals surface area contributed by atoms with Crippen molar-refractivity contribution in [1.82, 2.24) is 14.6 Å². The SMILES string of the molecule is CN1Cc2ccc(Nc3nc4cc(C(N)=O)ccc4n3Cc3ccccc3C(F)(F)F)cc2N1. The number of carbonyl (C=O) groups excluding carboxylic acids is 1. The number of alkyl halides is 3. The highest BCUT2D eigenvalue weighted by molar-refractivity contribution is 5.96. The number of fused-ring (bicyclic) bond motifs is 2. The Labute approximate surface area is 193 Å². The standard InChI is InChI=1S/C24H21F3N6O/c1-32-12-16-6-8-17(11-19(16)31-32)29-23-30-20-10-14(22(28)34)7-9-21(20)33(23)13-15-4-2-3-5-18(15)24(25,26)27/h2-11,31H,12-13H2,1H3,(H2,28,34)(H,29,30). The predicted octanol–water partition coefficient (Wildman–Crippen LogP) is 4.72. The molecule has 3 aromatic carbocycles. The number of carbonyl (C=O) groups is 1. The van der Waals surface area contributed by atoms with Crippen LogP contribution in [0.4, 0.5) is 30.5 Å². The number of nitrogens with zero attached hydrogens (tertiary/aromatic N) is 3. The van der Waals surface area contributed by atoms with Gasteiger partial charge in [-0.05, 0) is 47.5 Å². The summed E-state index contributed by atoms with van der Waals surface area (Å²) in [6.07, 6.45) is -4.49. The molecule has 174 valence electrons. The van der Waals surface area contributed by atoms with E-state index in [0.29, 0.717) is 17.0 Å². The summed E-state index contributed by atoms with van der Waals surface area (Å²) in [7, 11) is 1.93. The maximum absolute atomic E-state index is 13.6. The lowest BCUT2D eigenvalue weighted by atomic mass is 10.1. The van der Waals surface area contributed by atoms with Gasteiger partial charge < -0.3 is 21.0 Å². The van der Waals surface area contributed by atoms with Gasteiger partial charge in [0.2, 0.25) is 11.9 Å². The van der Waals surface area contributed by atoms with Crippen LogP contribution in [0.2, 0.25) is 0 Å². The first-order chi connectivity index (χ1) is 16.2. The topological polar surface area (TPSA) is 88.2 Å². The molecule has 4 N–H and O–H groups in total. The van der Waals surface area contributed by atoms with Gasteiger partial charge in [0.15, 0.2) is 0 Å². The summed E-state index contributed by atoms with van der Waals surface area (Å²) in [6.45, 7) is 0.689. The zero-order valence-electron chi connectivity index (χ0n) is 18.1. The Kier molecular flexibility index (Phi) is 5.17. The Morgan fingerprint density at radius 2 is 1.94 bits per heavy atom. The highest BCUT2D eigenvalue weighted by atomic mass is 19.4. The maximum Gasteiger partial charge on any atom is 0.416 e. The third-order valence-electron chi connectivity index (χ3n) is 5.77. The van der Waals surface area contributed by atoms with Crippen molar-refractivity contribution < 1.29 is 18.0 Å². The molecule has 1 aliphatic rings. The van der Waals surface area contributed by atoms with Crippen molar-refractivity contribution in [3.63, 3.8) is 0 Å². The van der Waals surface area contributed by atoms with E-state index in [9.17, 15) is 18.0 Å². The van der Waals surface area contributed by atoms with E-state index in [1.165, 1.54) is 24.3 Å². The third-order valence-corrected chi connectivity index (χ3v) is 5.77. The number of imidazole rings is 1. The normalized spacial score (nSPS) is 13.6. The molecule has 7 nitrogen and oxygen atoms in total. The van der Waals surface area contributed by atoms with Crippen molar-refractivity contribution in [1.29, 1.82) is 0 Å². The van der Waals surface area contributed by atoms with E-state index < -0.39 is 17.6 Å². The van der Waals surface area contributed by atoms with Crippen molar-refractivity contribution in [2.75, 3.05) is 17.8 Å². The maximum atomic E-state index is 13.6. The van der Waals surface area contributed by atoms with Gasteiger partial charge in [-0.2, -0.15) is 13.2 Å². The number of primary amides is 1. The van der Waals surface area contributed by atoms with E-state index >= 15 is 0 Å². The molecular weight excluding hydrogens is 445 g/mol. The Morgan fingerprint density at radius 1 is 1.15 bits per heavy atom. The summed E-state index contributed by atoms with van der Waals surface area (Å²) in [5, 5.41) is 5.18. The highest BCUT2D eigenvalue weighted by Crippen LogP contribution is 2.34. The lowest BCUT2D eigenvalue weighted by Gasteiger charge is -2.16. The third kappa shape index (κ3) is 4.03. The average Bonchev–Trinajstić information content (AvgIpc) is 3.31. The summed E-state index contributed by atoms with van der Waals surface area (Å²) < 4.78 is 42.6. The van der Waals surface area contributed by atoms with Crippen LogP contribution in [-0.4, -0.2) is 27.5 Å². The summed E-state index contributed by atoms with van der Waals surface area (Å²) in [5.74, 6) is -0.262. The number of nitrogens with one attached hydrogen (secondary N) is 2. The second-order valence-electron chi connectivity index (χ2n) is 8.21. The number of anilines is 3. The Morgan fingerprint density at radius 3 is 2.71 bits per heavy atom. The molecule has 0 saturated heterocycles. The minimum atomic E-state index is -4.49. The molecular formula is C24H21F3N6O. The molecule has 5 rings (SSSR count). The van der Waals surface area contributed by atoms with E-state index in [0.717, 1.165) is 29.5 Å². The molecule has 0 saturated carbocycles. The minimum Gasteiger partial charge on any atom is -0.366 e. The van der Waals surface area contributed by atoms with Crippen LogP contribution < -0.4 is 16.5 Å². The van der Waals surface area contributed by atoms with Crippen LogP contribution in [0.5, 0.6) is 0 Å². The molecule has 1 aromatic heterocycles. The van der Waals surface area contributed by atoms with Gasteiger partial charge in [-0.25, -0.2) is 9.99 Å². The van der Waals surface area contributed by atoms with Crippen LogP contribution in [0, 0.1) is 0 Å². The summed E-state index contributed by atoms with van der Waals surface area (Å²) in [4.78, 5) is 16.2. The first kappa shape index (κ1) is 21.8. The van der Waals surface area contributed by atoms with E-state index in [1.807, 2.05) is 30.3 Å². The Hall–Kier alpha value is -4.05. The second-order valence-corrected chi connectivity index (χ2v) is 8.21. The highest BCUT2D eigenvalue weighted by Gasteiger charge is 2.33. The minimum absolute atomic E-state index is 0.0731. The molecule has 10 heteroatoms. The van der Waals surface area contributed by atoms with Crippen molar-refractivity contribution in [2.24, 2.45) is 5.73 Å². The van der Waals surface area contributed by atoms with Gasteiger partial charge in [-0.15, -0.1) is 0 Å². The van der Waals surface area contributed by atoms with E-state index in [-0.39, 0.29) is 17.7 Å². The number of amides is 1. The first-order valence-electron chi connectivity index (χ1n) is 10.5. The van der Waals surface area contributed by atoms with Crippen molar-refractivity contribution in [3.8, 4) is 0 Å². The molecule has 0 fully saturated rings. The van der Waals surface area contributed by atoms with E-state index in [2.05, 4.69) is 15.7 Å². The van der Waals surface area contributed by atoms with Gasteiger partial charge in [-0.1, -0.05) is 24.3 Å². The van der Waals surface area contributed by atoms with Crippen molar-refractivity contribution in [2.45, 2.75) is 19.3 Å². The van der Waals surface area contributed by atoms with Crippen LogP contribution in [0.1, 0.15) is 27.0 Å². The molecule has 34 heavy (non-hydrogen) atoms. The number of aromatic nitrogens is 2. The molecule has 2 heterocycles. The van der Waals surface area contributed by atoms with E-state index in [1.54, 1.807) is 16.7 Å². The number of halogens is 3. The lowest BCUT2D eigenvalue weighted by molar-refractivity contribution is -0.138. The number of hydrogen-bond donors (Lipinski definition) is 3. The quantitative estimate of drug-likeness (QED) is 0.396. The molecule has 1 amide bonds. The lowest BCUT2D eigenvalue weighted by Crippen LogP contribution is -2.16. The Bertz CT molecular complexity index is 1410.